The zero-order chi connectivity index (χ0) is 13.0. The fourth-order valence-electron chi connectivity index (χ4n) is 1.66. The van der Waals surface area contributed by atoms with E-state index in [1.54, 1.807) is 17.5 Å². The summed E-state index contributed by atoms with van der Waals surface area (Å²) in [5.74, 6) is 1.49. The molecule has 0 saturated heterocycles. The lowest BCUT2D eigenvalue weighted by Crippen LogP contribution is -2.27. The Bertz CT molecular complexity index is 493. The van der Waals surface area contributed by atoms with Crippen LogP contribution in [0.15, 0.2) is 29.8 Å². The topological polar surface area (TPSA) is 63.8 Å². The number of nitrogens with two attached hydrogens (primary N) is 1. The first kappa shape index (κ1) is 13.0. The second kappa shape index (κ2) is 5.46. The number of hydrogen-bond donors (Lipinski definition) is 2. The largest absolute Gasteiger partial charge is 0.369 e. The van der Waals surface area contributed by atoms with Crippen molar-refractivity contribution in [3.05, 3.63) is 40.5 Å². The smallest absolute Gasteiger partial charge is 0.144 e. The van der Waals surface area contributed by atoms with E-state index in [4.69, 9.17) is 5.73 Å². The zero-order valence-electron chi connectivity index (χ0n) is 10.7. The Labute approximate surface area is 111 Å². The van der Waals surface area contributed by atoms with Crippen molar-refractivity contribution in [1.29, 1.82) is 0 Å². The highest BCUT2D eigenvalue weighted by Crippen LogP contribution is 2.27. The summed E-state index contributed by atoms with van der Waals surface area (Å²) in [4.78, 5) is 9.77. The molecule has 5 heteroatoms. The molecule has 0 bridgehead atoms. The van der Waals surface area contributed by atoms with Crippen molar-refractivity contribution in [2.75, 3.05) is 11.9 Å². The van der Waals surface area contributed by atoms with Gasteiger partial charge < -0.3 is 11.1 Å². The van der Waals surface area contributed by atoms with Crippen LogP contribution >= 0.6 is 11.3 Å². The molecule has 0 aliphatic rings. The molecule has 0 radical (unpaired) electrons. The molecule has 3 N–H and O–H groups in total. The zero-order valence-corrected chi connectivity index (χ0v) is 11.5. The van der Waals surface area contributed by atoms with E-state index in [1.807, 2.05) is 6.07 Å². The summed E-state index contributed by atoms with van der Waals surface area (Å²) in [5.41, 5.74) is 5.61. The molecule has 0 saturated carbocycles. The molecule has 2 aromatic heterocycles. The molecule has 0 aromatic carbocycles. The minimum absolute atomic E-state index is 0.0853. The summed E-state index contributed by atoms with van der Waals surface area (Å²) in [6.07, 6.45) is 1.73. The highest BCUT2D eigenvalue weighted by Gasteiger charge is 2.21. The van der Waals surface area contributed by atoms with Crippen LogP contribution in [-0.4, -0.2) is 16.5 Å². The number of thiophene rings is 1. The SMILES string of the molecule is CC(C)(CNc1ccnc(CN)n1)c1cccs1. The van der Waals surface area contributed by atoms with E-state index in [-0.39, 0.29) is 5.41 Å². The number of aromatic nitrogens is 2. The standard InChI is InChI=1S/C13H18N4S/c1-13(2,10-4-3-7-18-10)9-16-11-5-6-15-12(8-14)17-11/h3-7H,8-9,14H2,1-2H3,(H,15,16,17). The van der Waals surface area contributed by atoms with Gasteiger partial charge >= 0.3 is 0 Å². The molecule has 0 fully saturated rings. The summed E-state index contributed by atoms with van der Waals surface area (Å²) < 4.78 is 0. The Morgan fingerprint density at radius 1 is 1.39 bits per heavy atom. The number of nitrogens with zero attached hydrogens (tertiary/aromatic N) is 2. The Morgan fingerprint density at radius 2 is 2.22 bits per heavy atom. The summed E-state index contributed by atoms with van der Waals surface area (Å²) in [7, 11) is 0. The molecular weight excluding hydrogens is 244 g/mol. The van der Waals surface area contributed by atoms with Gasteiger partial charge in [0.1, 0.15) is 11.6 Å². The second-order valence-electron chi connectivity index (χ2n) is 4.78. The van der Waals surface area contributed by atoms with Gasteiger partial charge in [0, 0.05) is 23.0 Å². The van der Waals surface area contributed by atoms with E-state index in [2.05, 4.69) is 46.6 Å². The van der Waals surface area contributed by atoms with Gasteiger partial charge in [-0.2, -0.15) is 0 Å². The molecular formula is C13H18N4S. The quantitative estimate of drug-likeness (QED) is 0.868. The fraction of sp³-hybridized carbons (Fsp3) is 0.385. The van der Waals surface area contributed by atoms with Crippen LogP contribution in [0.5, 0.6) is 0 Å². The predicted octanol–water partition coefficient (Wildman–Crippen LogP) is 2.39. The van der Waals surface area contributed by atoms with E-state index >= 15 is 0 Å². The minimum atomic E-state index is 0.0853. The highest BCUT2D eigenvalue weighted by atomic mass is 32.1. The second-order valence-corrected chi connectivity index (χ2v) is 5.72. The molecule has 0 aliphatic heterocycles. The van der Waals surface area contributed by atoms with Crippen LogP contribution in [0.2, 0.25) is 0 Å². The summed E-state index contributed by atoms with van der Waals surface area (Å²) in [6, 6.07) is 6.11. The fourth-order valence-corrected chi connectivity index (χ4v) is 2.51. The van der Waals surface area contributed by atoms with Crippen LogP contribution in [-0.2, 0) is 12.0 Å². The van der Waals surface area contributed by atoms with E-state index < -0.39 is 0 Å². The number of rotatable bonds is 5. The van der Waals surface area contributed by atoms with Crippen molar-refractivity contribution in [2.45, 2.75) is 25.8 Å². The molecule has 0 spiro atoms. The lowest BCUT2D eigenvalue weighted by atomic mass is 9.91. The van der Waals surface area contributed by atoms with Gasteiger partial charge in [0.25, 0.3) is 0 Å². The van der Waals surface area contributed by atoms with Crippen LogP contribution < -0.4 is 11.1 Å². The number of nitrogens with one attached hydrogen (secondary N) is 1. The molecule has 4 nitrogen and oxygen atoms in total. The third-order valence-corrected chi connectivity index (χ3v) is 4.02. The first-order valence-corrected chi connectivity index (χ1v) is 6.79. The molecule has 18 heavy (non-hydrogen) atoms. The van der Waals surface area contributed by atoms with Crippen molar-refractivity contribution in [3.8, 4) is 0 Å². The predicted molar refractivity (Wildman–Crippen MR) is 75.8 cm³/mol. The normalized spacial score (nSPS) is 11.5. The van der Waals surface area contributed by atoms with Crippen LogP contribution in [0.3, 0.4) is 0 Å². The van der Waals surface area contributed by atoms with Crippen molar-refractivity contribution in [3.63, 3.8) is 0 Å². The molecule has 0 aliphatic carbocycles. The van der Waals surface area contributed by atoms with Crippen LogP contribution in [0.4, 0.5) is 5.82 Å². The van der Waals surface area contributed by atoms with Crippen molar-refractivity contribution in [2.24, 2.45) is 5.73 Å². The van der Waals surface area contributed by atoms with E-state index in [0.717, 1.165) is 12.4 Å². The van der Waals surface area contributed by atoms with Crippen molar-refractivity contribution in [1.82, 2.24) is 9.97 Å². The van der Waals surface area contributed by atoms with Gasteiger partial charge in [-0.15, -0.1) is 11.3 Å². The van der Waals surface area contributed by atoms with Crippen LogP contribution in [0, 0.1) is 0 Å². The lowest BCUT2D eigenvalue weighted by Gasteiger charge is -2.24. The molecule has 0 unspecified atom stereocenters. The van der Waals surface area contributed by atoms with Gasteiger partial charge in [-0.25, -0.2) is 9.97 Å². The van der Waals surface area contributed by atoms with Gasteiger partial charge in [-0.3, -0.25) is 0 Å². The lowest BCUT2D eigenvalue weighted by molar-refractivity contribution is 0.568. The third kappa shape index (κ3) is 3.05. The van der Waals surface area contributed by atoms with Gasteiger partial charge in [-0.1, -0.05) is 19.9 Å². The molecule has 2 heterocycles. The Kier molecular flexibility index (Phi) is 3.93. The third-order valence-electron chi connectivity index (χ3n) is 2.79. The van der Waals surface area contributed by atoms with E-state index in [0.29, 0.717) is 12.4 Å². The van der Waals surface area contributed by atoms with E-state index in [1.165, 1.54) is 4.88 Å². The number of hydrogen-bond acceptors (Lipinski definition) is 5. The van der Waals surface area contributed by atoms with E-state index in [9.17, 15) is 0 Å². The Hall–Kier alpha value is -1.46. The molecule has 0 atom stereocenters. The maximum absolute atomic E-state index is 5.53. The summed E-state index contributed by atoms with van der Waals surface area (Å²) in [5, 5.41) is 5.45. The molecule has 96 valence electrons. The van der Waals surface area contributed by atoms with Crippen molar-refractivity contribution < 1.29 is 0 Å². The van der Waals surface area contributed by atoms with Gasteiger partial charge in [0.05, 0.1) is 6.54 Å². The monoisotopic (exact) mass is 262 g/mol. The first-order chi connectivity index (χ1) is 8.62. The highest BCUT2D eigenvalue weighted by molar-refractivity contribution is 7.10. The average Bonchev–Trinajstić information content (AvgIpc) is 2.91. The van der Waals surface area contributed by atoms with Gasteiger partial charge in [0.2, 0.25) is 0 Å². The molecule has 2 rings (SSSR count). The van der Waals surface area contributed by atoms with Crippen LogP contribution in [0.1, 0.15) is 24.5 Å². The summed E-state index contributed by atoms with van der Waals surface area (Å²) in [6.45, 7) is 5.63. The Morgan fingerprint density at radius 3 is 2.89 bits per heavy atom. The molecule has 0 amide bonds. The maximum Gasteiger partial charge on any atom is 0.144 e. The maximum atomic E-state index is 5.53. The number of anilines is 1. The van der Waals surface area contributed by atoms with Gasteiger partial charge in [0.15, 0.2) is 0 Å². The minimum Gasteiger partial charge on any atom is -0.369 e. The Balaban J connectivity index is 2.02. The average molecular weight is 262 g/mol. The van der Waals surface area contributed by atoms with Crippen LogP contribution in [0.25, 0.3) is 0 Å². The molecule has 2 aromatic rings. The van der Waals surface area contributed by atoms with Crippen molar-refractivity contribution >= 4 is 17.2 Å². The summed E-state index contributed by atoms with van der Waals surface area (Å²) >= 11 is 1.78. The van der Waals surface area contributed by atoms with Gasteiger partial charge in [-0.05, 0) is 17.5 Å². The first-order valence-electron chi connectivity index (χ1n) is 5.92.